The molecule has 6 nitrogen and oxygen atoms in total. The first kappa shape index (κ1) is 14.6. The van der Waals surface area contributed by atoms with Crippen LogP contribution >= 0.6 is 11.3 Å². The molecule has 1 heterocycles. The van der Waals surface area contributed by atoms with Gasteiger partial charge in [0.05, 0.1) is 7.11 Å². The van der Waals surface area contributed by atoms with E-state index in [1.807, 2.05) is 26.0 Å². The molecule has 0 bridgehead atoms. The standard InChI is InChI=1S/C11H20N4O2S/c1-14(2)5-6-15(3)11-8(17-4)7(12)9(18-11)10(13)16/h5-6,12H2,1-4H3,(H2,13,16). The zero-order chi connectivity index (χ0) is 13.9. The van der Waals surface area contributed by atoms with Crippen LogP contribution < -0.4 is 21.1 Å². The summed E-state index contributed by atoms with van der Waals surface area (Å²) in [5.41, 5.74) is 11.5. The highest BCUT2D eigenvalue weighted by molar-refractivity contribution is 7.19. The fraction of sp³-hybridized carbons (Fsp3) is 0.545. The van der Waals surface area contributed by atoms with E-state index in [2.05, 4.69) is 4.90 Å². The summed E-state index contributed by atoms with van der Waals surface area (Å²) in [5, 5.41) is 0.825. The number of carbonyl (C=O) groups excluding carboxylic acids is 1. The number of ether oxygens (including phenoxy) is 1. The van der Waals surface area contributed by atoms with Crippen LogP contribution in [0.2, 0.25) is 0 Å². The highest BCUT2D eigenvalue weighted by atomic mass is 32.1. The normalized spacial score (nSPS) is 10.7. The summed E-state index contributed by atoms with van der Waals surface area (Å²) >= 11 is 1.26. The fourth-order valence-electron chi connectivity index (χ4n) is 1.50. The molecular formula is C11H20N4O2S. The van der Waals surface area contributed by atoms with Gasteiger partial charge in [-0.15, -0.1) is 11.3 Å². The van der Waals surface area contributed by atoms with Crippen LogP contribution in [0.1, 0.15) is 9.67 Å². The first-order valence-electron chi connectivity index (χ1n) is 5.50. The number of nitrogens with zero attached hydrogens (tertiary/aromatic N) is 2. The lowest BCUT2D eigenvalue weighted by Crippen LogP contribution is -2.28. The van der Waals surface area contributed by atoms with Gasteiger partial charge in [0.15, 0.2) is 5.75 Å². The second kappa shape index (κ2) is 5.92. The average molecular weight is 272 g/mol. The predicted molar refractivity (Wildman–Crippen MR) is 75.6 cm³/mol. The van der Waals surface area contributed by atoms with Crippen molar-refractivity contribution in [3.63, 3.8) is 0 Å². The molecule has 0 radical (unpaired) electrons. The lowest BCUT2D eigenvalue weighted by Gasteiger charge is -2.20. The summed E-state index contributed by atoms with van der Waals surface area (Å²) in [7, 11) is 7.47. The third kappa shape index (κ3) is 3.05. The topological polar surface area (TPSA) is 84.8 Å². The minimum absolute atomic E-state index is 0.321. The van der Waals surface area contributed by atoms with E-state index in [0.29, 0.717) is 16.3 Å². The van der Waals surface area contributed by atoms with Gasteiger partial charge in [-0.1, -0.05) is 0 Å². The maximum Gasteiger partial charge on any atom is 0.261 e. The monoisotopic (exact) mass is 272 g/mol. The van der Waals surface area contributed by atoms with E-state index in [4.69, 9.17) is 16.2 Å². The van der Waals surface area contributed by atoms with Crippen molar-refractivity contribution in [1.29, 1.82) is 0 Å². The Labute approximate surface area is 111 Å². The van der Waals surface area contributed by atoms with Gasteiger partial charge in [-0.05, 0) is 14.1 Å². The number of amides is 1. The average Bonchev–Trinajstić information content (AvgIpc) is 2.63. The van der Waals surface area contributed by atoms with Crippen LogP contribution in [-0.2, 0) is 0 Å². The SMILES string of the molecule is COc1c(N(C)CCN(C)C)sc(C(N)=O)c1N. The number of anilines is 2. The van der Waals surface area contributed by atoms with Crippen molar-refractivity contribution in [1.82, 2.24) is 4.90 Å². The van der Waals surface area contributed by atoms with Crippen molar-refractivity contribution in [3.8, 4) is 5.75 Å². The number of rotatable bonds is 6. The van der Waals surface area contributed by atoms with E-state index in [-0.39, 0.29) is 0 Å². The lowest BCUT2D eigenvalue weighted by atomic mass is 10.3. The third-order valence-corrected chi connectivity index (χ3v) is 3.86. The quantitative estimate of drug-likeness (QED) is 0.784. The zero-order valence-corrected chi connectivity index (χ0v) is 12.0. The molecule has 0 saturated carbocycles. The van der Waals surface area contributed by atoms with Crippen LogP contribution in [0.4, 0.5) is 10.7 Å². The van der Waals surface area contributed by atoms with E-state index >= 15 is 0 Å². The van der Waals surface area contributed by atoms with Gasteiger partial charge in [-0.2, -0.15) is 0 Å². The van der Waals surface area contributed by atoms with Gasteiger partial charge in [-0.3, -0.25) is 4.79 Å². The Balaban J connectivity index is 3.00. The Morgan fingerprint density at radius 1 is 1.33 bits per heavy atom. The van der Waals surface area contributed by atoms with Crippen molar-refractivity contribution >= 4 is 27.9 Å². The number of thiophene rings is 1. The van der Waals surface area contributed by atoms with Gasteiger partial charge in [0.25, 0.3) is 5.91 Å². The summed E-state index contributed by atoms with van der Waals surface area (Å²) in [6.07, 6.45) is 0. The van der Waals surface area contributed by atoms with Crippen LogP contribution in [0.3, 0.4) is 0 Å². The fourth-order valence-corrected chi connectivity index (χ4v) is 2.53. The number of hydrogen-bond acceptors (Lipinski definition) is 6. The Morgan fingerprint density at radius 3 is 2.39 bits per heavy atom. The van der Waals surface area contributed by atoms with Crippen molar-refractivity contribution in [3.05, 3.63) is 4.88 Å². The number of primary amides is 1. The van der Waals surface area contributed by atoms with E-state index in [9.17, 15) is 4.79 Å². The number of methoxy groups -OCH3 is 1. The first-order valence-corrected chi connectivity index (χ1v) is 6.32. The first-order chi connectivity index (χ1) is 8.38. The molecule has 0 aliphatic heterocycles. The van der Waals surface area contributed by atoms with Crippen molar-refractivity contribution in [2.75, 3.05) is 52.0 Å². The highest BCUT2D eigenvalue weighted by Gasteiger charge is 2.22. The molecule has 18 heavy (non-hydrogen) atoms. The molecule has 0 spiro atoms. The molecule has 4 N–H and O–H groups in total. The molecule has 1 rings (SSSR count). The Bertz CT molecular complexity index is 431. The number of carbonyl (C=O) groups is 1. The Hall–Kier alpha value is -1.47. The van der Waals surface area contributed by atoms with Crippen molar-refractivity contribution in [2.24, 2.45) is 5.73 Å². The van der Waals surface area contributed by atoms with Crippen LogP contribution in [0.25, 0.3) is 0 Å². The molecule has 0 aliphatic rings. The maximum absolute atomic E-state index is 11.3. The van der Waals surface area contributed by atoms with Gasteiger partial charge >= 0.3 is 0 Å². The van der Waals surface area contributed by atoms with E-state index < -0.39 is 5.91 Å². The summed E-state index contributed by atoms with van der Waals surface area (Å²) in [5.74, 6) is -0.00174. The minimum Gasteiger partial charge on any atom is -0.492 e. The van der Waals surface area contributed by atoms with Crippen molar-refractivity contribution in [2.45, 2.75) is 0 Å². The Kier molecular flexibility index (Phi) is 4.80. The zero-order valence-electron chi connectivity index (χ0n) is 11.2. The lowest BCUT2D eigenvalue weighted by molar-refractivity contribution is 0.100. The molecule has 0 fully saturated rings. The third-order valence-electron chi connectivity index (χ3n) is 2.54. The number of hydrogen-bond donors (Lipinski definition) is 2. The van der Waals surface area contributed by atoms with Crippen molar-refractivity contribution < 1.29 is 9.53 Å². The summed E-state index contributed by atoms with van der Waals surface area (Å²) in [6, 6.07) is 0. The van der Waals surface area contributed by atoms with E-state index in [1.165, 1.54) is 18.4 Å². The summed E-state index contributed by atoms with van der Waals surface area (Å²) in [4.78, 5) is 15.7. The molecular weight excluding hydrogens is 252 g/mol. The molecule has 102 valence electrons. The molecule has 0 aromatic carbocycles. The van der Waals surface area contributed by atoms with Crippen LogP contribution in [0.15, 0.2) is 0 Å². The molecule has 7 heteroatoms. The molecule has 1 amide bonds. The van der Waals surface area contributed by atoms with E-state index in [0.717, 1.165) is 18.1 Å². The van der Waals surface area contributed by atoms with Gasteiger partial charge in [0.2, 0.25) is 0 Å². The number of nitrogens with two attached hydrogens (primary N) is 2. The van der Waals surface area contributed by atoms with Gasteiger partial charge < -0.3 is 26.0 Å². The van der Waals surface area contributed by atoms with Gasteiger partial charge in [0.1, 0.15) is 15.6 Å². The van der Waals surface area contributed by atoms with E-state index in [1.54, 1.807) is 0 Å². The second-order valence-corrected chi connectivity index (χ2v) is 5.27. The molecule has 0 saturated heterocycles. The van der Waals surface area contributed by atoms with Crippen LogP contribution in [0, 0.1) is 0 Å². The number of nitrogen functional groups attached to an aromatic ring is 1. The molecule has 0 aliphatic carbocycles. The molecule has 1 aromatic rings. The Morgan fingerprint density at radius 2 is 1.94 bits per heavy atom. The largest absolute Gasteiger partial charge is 0.492 e. The highest BCUT2D eigenvalue weighted by Crippen LogP contribution is 2.43. The molecule has 0 atom stereocenters. The van der Waals surface area contributed by atoms with Gasteiger partial charge in [-0.25, -0.2) is 0 Å². The van der Waals surface area contributed by atoms with Gasteiger partial charge in [0, 0.05) is 20.1 Å². The molecule has 0 unspecified atom stereocenters. The summed E-state index contributed by atoms with van der Waals surface area (Å²) < 4.78 is 5.26. The van der Waals surface area contributed by atoms with Crippen LogP contribution in [-0.4, -0.2) is 52.1 Å². The minimum atomic E-state index is -0.525. The summed E-state index contributed by atoms with van der Waals surface area (Å²) in [6.45, 7) is 1.70. The molecule has 1 aromatic heterocycles. The van der Waals surface area contributed by atoms with Crippen LogP contribution in [0.5, 0.6) is 5.75 Å². The second-order valence-electron chi connectivity index (χ2n) is 4.27. The number of likely N-dealkylation sites (N-methyl/N-ethyl adjacent to an activating group) is 2. The smallest absolute Gasteiger partial charge is 0.261 e. The predicted octanol–water partition coefficient (Wildman–Crippen LogP) is 0.436. The maximum atomic E-state index is 11.3.